The number of aliphatic hydroxyl groups excluding tert-OH is 1. The highest BCUT2D eigenvalue weighted by Crippen LogP contribution is 2.24. The summed E-state index contributed by atoms with van der Waals surface area (Å²) in [7, 11) is 0. The monoisotopic (exact) mass is 283 g/mol. The number of hydrogen-bond donors (Lipinski definition) is 2. The van der Waals surface area contributed by atoms with Crippen molar-refractivity contribution in [2.24, 2.45) is 11.7 Å². The van der Waals surface area contributed by atoms with E-state index < -0.39 is 6.10 Å². The molecule has 21 heavy (non-hydrogen) atoms. The minimum atomic E-state index is -0.477. The summed E-state index contributed by atoms with van der Waals surface area (Å²) in [5.74, 6) is 0.590. The van der Waals surface area contributed by atoms with Gasteiger partial charge in [-0.2, -0.15) is 0 Å². The van der Waals surface area contributed by atoms with Gasteiger partial charge in [0, 0.05) is 0 Å². The van der Waals surface area contributed by atoms with Gasteiger partial charge >= 0.3 is 0 Å². The highest BCUT2D eigenvalue weighted by atomic mass is 16.3. The van der Waals surface area contributed by atoms with Gasteiger partial charge in [-0.1, -0.05) is 68.4 Å². The summed E-state index contributed by atoms with van der Waals surface area (Å²) >= 11 is 0. The molecule has 0 bridgehead atoms. The lowest BCUT2D eigenvalue weighted by Gasteiger charge is -2.20. The minimum Gasteiger partial charge on any atom is -0.391 e. The SMILES string of the molecule is CC(C)CC[C@H](O)[C@H](N)c1ccc(-c2ccccc2)cc1. The maximum absolute atomic E-state index is 10.2. The maximum Gasteiger partial charge on any atom is 0.0732 e. The third-order valence-electron chi connectivity index (χ3n) is 3.86. The van der Waals surface area contributed by atoms with Gasteiger partial charge in [0.25, 0.3) is 0 Å². The van der Waals surface area contributed by atoms with Gasteiger partial charge < -0.3 is 10.8 Å². The van der Waals surface area contributed by atoms with Crippen LogP contribution < -0.4 is 5.73 Å². The van der Waals surface area contributed by atoms with Crippen LogP contribution in [-0.2, 0) is 0 Å². The Bertz CT molecular complexity index is 533. The van der Waals surface area contributed by atoms with E-state index in [1.807, 2.05) is 30.3 Å². The summed E-state index contributed by atoms with van der Waals surface area (Å²) < 4.78 is 0. The zero-order chi connectivity index (χ0) is 15.2. The average Bonchev–Trinajstić information content (AvgIpc) is 2.53. The van der Waals surface area contributed by atoms with E-state index in [1.165, 1.54) is 11.1 Å². The summed E-state index contributed by atoms with van der Waals surface area (Å²) in [5, 5.41) is 10.2. The zero-order valence-corrected chi connectivity index (χ0v) is 12.9. The van der Waals surface area contributed by atoms with Crippen molar-refractivity contribution in [2.45, 2.75) is 38.8 Å². The Balaban J connectivity index is 2.04. The Morgan fingerprint density at radius 1 is 0.857 bits per heavy atom. The molecular formula is C19H25NO. The average molecular weight is 283 g/mol. The quantitative estimate of drug-likeness (QED) is 0.836. The van der Waals surface area contributed by atoms with Crippen LogP contribution in [0.15, 0.2) is 54.6 Å². The van der Waals surface area contributed by atoms with E-state index in [9.17, 15) is 5.11 Å². The van der Waals surface area contributed by atoms with Crippen molar-refractivity contribution in [3.8, 4) is 11.1 Å². The van der Waals surface area contributed by atoms with E-state index in [1.54, 1.807) is 0 Å². The van der Waals surface area contributed by atoms with E-state index >= 15 is 0 Å². The lowest BCUT2D eigenvalue weighted by Crippen LogP contribution is -2.26. The first-order valence-electron chi connectivity index (χ1n) is 7.67. The molecular weight excluding hydrogens is 258 g/mol. The van der Waals surface area contributed by atoms with E-state index in [-0.39, 0.29) is 6.04 Å². The fourth-order valence-corrected chi connectivity index (χ4v) is 2.43. The van der Waals surface area contributed by atoms with Crippen LogP contribution >= 0.6 is 0 Å². The molecule has 0 aliphatic rings. The molecule has 2 atom stereocenters. The number of rotatable bonds is 6. The molecule has 0 saturated heterocycles. The predicted octanol–water partition coefficient (Wildman–Crippen LogP) is 4.15. The van der Waals surface area contributed by atoms with Gasteiger partial charge in [0.1, 0.15) is 0 Å². The first-order chi connectivity index (χ1) is 10.1. The van der Waals surface area contributed by atoms with Gasteiger partial charge in [-0.3, -0.25) is 0 Å². The lowest BCUT2D eigenvalue weighted by atomic mass is 9.94. The molecule has 112 valence electrons. The topological polar surface area (TPSA) is 46.2 Å². The number of nitrogens with two attached hydrogens (primary N) is 1. The summed E-state index contributed by atoms with van der Waals surface area (Å²) in [6.07, 6.45) is 1.27. The van der Waals surface area contributed by atoms with Crippen LogP contribution in [0.1, 0.15) is 38.3 Å². The fourth-order valence-electron chi connectivity index (χ4n) is 2.43. The molecule has 0 unspecified atom stereocenters. The Hall–Kier alpha value is -1.64. The van der Waals surface area contributed by atoms with E-state index in [4.69, 9.17) is 5.73 Å². The standard InChI is InChI=1S/C19H25NO/c1-14(2)8-13-18(21)19(20)17-11-9-16(10-12-17)15-6-4-3-5-7-15/h3-7,9-12,14,18-19,21H,8,13,20H2,1-2H3/t18-,19+/m0/s1. The predicted molar refractivity (Wildman–Crippen MR) is 88.9 cm³/mol. The second-order valence-corrected chi connectivity index (χ2v) is 6.05. The molecule has 2 nitrogen and oxygen atoms in total. The van der Waals surface area contributed by atoms with Crippen molar-refractivity contribution in [3.63, 3.8) is 0 Å². The first-order valence-corrected chi connectivity index (χ1v) is 7.67. The van der Waals surface area contributed by atoms with Crippen molar-refractivity contribution < 1.29 is 5.11 Å². The Kier molecular flexibility index (Phi) is 5.54. The van der Waals surface area contributed by atoms with Gasteiger partial charge in [0.05, 0.1) is 12.1 Å². The molecule has 0 heterocycles. The van der Waals surface area contributed by atoms with Crippen molar-refractivity contribution >= 4 is 0 Å². The summed E-state index contributed by atoms with van der Waals surface area (Å²) in [4.78, 5) is 0. The van der Waals surface area contributed by atoms with Crippen LogP contribution in [0.5, 0.6) is 0 Å². The van der Waals surface area contributed by atoms with Gasteiger partial charge in [-0.25, -0.2) is 0 Å². The molecule has 0 radical (unpaired) electrons. The fraction of sp³-hybridized carbons (Fsp3) is 0.368. The Morgan fingerprint density at radius 3 is 2.00 bits per heavy atom. The Labute approximate surface area is 127 Å². The zero-order valence-electron chi connectivity index (χ0n) is 12.9. The number of benzene rings is 2. The van der Waals surface area contributed by atoms with E-state index in [0.29, 0.717) is 5.92 Å². The van der Waals surface area contributed by atoms with Gasteiger partial charge in [0.2, 0.25) is 0 Å². The molecule has 0 aliphatic heterocycles. The highest BCUT2D eigenvalue weighted by molar-refractivity contribution is 5.63. The van der Waals surface area contributed by atoms with Crippen LogP contribution in [0.4, 0.5) is 0 Å². The second kappa shape index (κ2) is 7.39. The van der Waals surface area contributed by atoms with Crippen LogP contribution in [0, 0.1) is 5.92 Å². The molecule has 0 spiro atoms. The molecule has 0 aromatic heterocycles. The molecule has 2 aromatic rings. The first kappa shape index (κ1) is 15.7. The molecule has 0 fully saturated rings. The van der Waals surface area contributed by atoms with Crippen molar-refractivity contribution in [1.29, 1.82) is 0 Å². The summed E-state index contributed by atoms with van der Waals surface area (Å²) in [6, 6.07) is 18.1. The molecule has 0 saturated carbocycles. The second-order valence-electron chi connectivity index (χ2n) is 6.05. The third-order valence-corrected chi connectivity index (χ3v) is 3.86. The van der Waals surface area contributed by atoms with Crippen LogP contribution in [0.25, 0.3) is 11.1 Å². The molecule has 2 heteroatoms. The molecule has 2 rings (SSSR count). The highest BCUT2D eigenvalue weighted by Gasteiger charge is 2.17. The number of aliphatic hydroxyl groups is 1. The molecule has 0 aliphatic carbocycles. The molecule has 0 amide bonds. The third kappa shape index (κ3) is 4.42. The normalized spacial score (nSPS) is 14.1. The van der Waals surface area contributed by atoms with Crippen molar-refractivity contribution in [3.05, 3.63) is 60.2 Å². The van der Waals surface area contributed by atoms with Gasteiger partial charge in [-0.05, 0) is 35.4 Å². The van der Waals surface area contributed by atoms with Crippen LogP contribution in [-0.4, -0.2) is 11.2 Å². The molecule has 2 aromatic carbocycles. The van der Waals surface area contributed by atoms with Crippen LogP contribution in [0.3, 0.4) is 0 Å². The van der Waals surface area contributed by atoms with E-state index in [0.717, 1.165) is 18.4 Å². The number of hydrogen-bond acceptors (Lipinski definition) is 2. The summed E-state index contributed by atoms with van der Waals surface area (Å²) in [6.45, 7) is 4.32. The largest absolute Gasteiger partial charge is 0.391 e. The Morgan fingerprint density at radius 2 is 1.43 bits per heavy atom. The van der Waals surface area contributed by atoms with Crippen molar-refractivity contribution in [2.75, 3.05) is 0 Å². The van der Waals surface area contributed by atoms with Gasteiger partial charge in [-0.15, -0.1) is 0 Å². The van der Waals surface area contributed by atoms with Crippen LogP contribution in [0.2, 0.25) is 0 Å². The van der Waals surface area contributed by atoms with Gasteiger partial charge in [0.15, 0.2) is 0 Å². The maximum atomic E-state index is 10.2. The molecule has 3 N–H and O–H groups in total. The minimum absolute atomic E-state index is 0.312. The van der Waals surface area contributed by atoms with Crippen molar-refractivity contribution in [1.82, 2.24) is 0 Å². The smallest absolute Gasteiger partial charge is 0.0732 e. The lowest BCUT2D eigenvalue weighted by molar-refractivity contribution is 0.128. The summed E-state index contributed by atoms with van der Waals surface area (Å²) in [5.41, 5.74) is 9.52. The van der Waals surface area contributed by atoms with E-state index in [2.05, 4.69) is 38.1 Å².